The van der Waals surface area contributed by atoms with Gasteiger partial charge in [0.25, 0.3) is 0 Å². The molecule has 0 saturated carbocycles. The van der Waals surface area contributed by atoms with Crippen molar-refractivity contribution in [1.82, 2.24) is 39.9 Å². The van der Waals surface area contributed by atoms with Gasteiger partial charge in [0, 0.05) is 44.0 Å². The highest BCUT2D eigenvalue weighted by atomic mass is 32.2. The number of phenols is 3. The summed E-state index contributed by atoms with van der Waals surface area (Å²) in [5, 5.41) is 78.2. The van der Waals surface area contributed by atoms with Crippen molar-refractivity contribution in [1.29, 1.82) is 0 Å². The number of sulfone groups is 2. The van der Waals surface area contributed by atoms with E-state index in [0.29, 0.717) is 108 Å². The molecule has 0 aliphatic carbocycles. The average molecular weight is 1730 g/mol. The molecule has 29 nitrogen and oxygen atoms in total. The summed E-state index contributed by atoms with van der Waals surface area (Å²) in [5.74, 6) is 3.02. The number of nitrogens with one attached hydrogen (secondary N) is 5. The van der Waals surface area contributed by atoms with Crippen LogP contribution >= 0.6 is 0 Å². The van der Waals surface area contributed by atoms with Gasteiger partial charge in [0.15, 0.2) is 19.7 Å². The Balaban J connectivity index is 0.000000172. The Labute approximate surface area is 725 Å². The number of aromatic hydroxyl groups is 3. The van der Waals surface area contributed by atoms with Crippen molar-refractivity contribution in [2.45, 2.75) is 119 Å². The molecule has 14 N–H and O–H groups in total. The smallest absolute Gasteiger partial charge is 0.313 e. The zero-order valence-electron chi connectivity index (χ0n) is 72.2. The van der Waals surface area contributed by atoms with Crippen LogP contribution in [-0.4, -0.2) is 98.9 Å². The molecule has 648 valence electrons. The van der Waals surface area contributed by atoms with E-state index in [1.807, 2.05) is 160 Å². The van der Waals surface area contributed by atoms with Crippen LogP contribution in [0.4, 0.5) is 101 Å². The molecular weight excluding hydrogens is 1630 g/mol. The van der Waals surface area contributed by atoms with Gasteiger partial charge in [-0.15, -0.1) is 15.3 Å². The highest BCUT2D eigenvalue weighted by molar-refractivity contribution is 7.94. The second-order valence-corrected chi connectivity index (χ2v) is 32.4. The van der Waals surface area contributed by atoms with Crippen molar-refractivity contribution in [2.75, 3.05) is 70.7 Å². The maximum Gasteiger partial charge on any atom is 0.313 e. The van der Waals surface area contributed by atoms with Crippen LogP contribution < -0.4 is 43.8 Å². The molecule has 0 saturated heterocycles. The standard InChI is InChI=1S/3C20H21N3O.C14H19N5O2S.C13H15N5O2S.C5H5F2N3/c3*1-4-15-13(3)11-14-9-10-16(21)19(18(14)20(15)24)23-22-17-8-6-5-7-12(17)2;1-4-9-22(20,21)12-7-5-11(6-8-12)18-14-17-10(2)16-13(15-3)19-14;1-4-21(19,20)11-7-5-10(6-8-11)17-13-16-9(2)15-12(14-3)18-13;1-8-4-2-3(6)9-5(7)10-4/h3*5-11,24H,4,21H2,1-3H3;5-8H,4,9H2,1-3H3,(H2,15,16,17,18,19);4-8H,1H2,2-3H3,(H2,14,15,16,17,18);2H,1H3,(H,8,9,10). The minimum absolute atomic E-state index is 0.130. The second kappa shape index (κ2) is 43.3. The number of azo groups is 3. The molecule has 0 bridgehead atoms. The monoisotopic (exact) mass is 1730 g/mol. The fraction of sp³-hybridized carbons (Fsp3) is 0.217. The third-order valence-corrected chi connectivity index (χ3v) is 22.8. The first-order valence-corrected chi connectivity index (χ1v) is 42.9. The van der Waals surface area contributed by atoms with Crippen LogP contribution in [0.25, 0.3) is 32.3 Å². The van der Waals surface area contributed by atoms with E-state index in [2.05, 4.69) is 122 Å². The number of benzene rings is 11. The molecule has 0 radical (unpaired) electrons. The van der Waals surface area contributed by atoms with Crippen molar-refractivity contribution < 1.29 is 40.9 Å². The lowest BCUT2D eigenvalue weighted by Crippen LogP contribution is -2.07. The number of fused-ring (bicyclic) bond motifs is 3. The highest BCUT2D eigenvalue weighted by Crippen LogP contribution is 2.46. The lowest BCUT2D eigenvalue weighted by atomic mass is 9.97. The molecule has 11 aromatic carbocycles. The molecular formula is C92H102F2N22O7S2. The Morgan fingerprint density at radius 2 is 0.736 bits per heavy atom. The maximum absolute atomic E-state index is 12.2. The molecule has 0 atom stereocenters. The van der Waals surface area contributed by atoms with Crippen molar-refractivity contribution >= 4 is 144 Å². The average Bonchev–Trinajstić information content (AvgIpc) is 0.776. The van der Waals surface area contributed by atoms with Crippen molar-refractivity contribution in [3.8, 4) is 17.2 Å². The van der Waals surface area contributed by atoms with E-state index in [9.17, 15) is 40.9 Å². The van der Waals surface area contributed by atoms with Crippen LogP contribution in [0.1, 0.15) is 95.8 Å². The van der Waals surface area contributed by atoms with Crippen LogP contribution in [0.15, 0.2) is 234 Å². The van der Waals surface area contributed by atoms with Crippen molar-refractivity contribution in [2.24, 2.45) is 30.7 Å². The van der Waals surface area contributed by atoms with E-state index < -0.39 is 31.7 Å². The molecule has 0 spiro atoms. The number of aryl methyl sites for hydroxylation is 8. The van der Waals surface area contributed by atoms with Gasteiger partial charge in [-0.3, -0.25) is 0 Å². The van der Waals surface area contributed by atoms with Crippen LogP contribution in [0.2, 0.25) is 0 Å². The summed E-state index contributed by atoms with van der Waals surface area (Å²) in [4.78, 5) is 31.4. The maximum atomic E-state index is 12.2. The molecule has 0 aliphatic heterocycles. The molecule has 14 rings (SSSR count). The first-order valence-electron chi connectivity index (χ1n) is 39.7. The van der Waals surface area contributed by atoms with E-state index in [1.165, 1.54) is 19.2 Å². The van der Waals surface area contributed by atoms with Gasteiger partial charge in [0.2, 0.25) is 29.7 Å². The molecule has 14 aromatic rings. The second-order valence-electron chi connectivity index (χ2n) is 28.4. The fourth-order valence-electron chi connectivity index (χ4n) is 13.0. The number of hydrogen-bond donors (Lipinski definition) is 11. The molecule has 0 amide bonds. The molecule has 3 aromatic heterocycles. The summed E-state index contributed by atoms with van der Waals surface area (Å²) in [7, 11) is -1.66. The Morgan fingerprint density at radius 1 is 0.400 bits per heavy atom. The van der Waals surface area contributed by atoms with Gasteiger partial charge in [-0.25, -0.2) is 16.8 Å². The van der Waals surface area contributed by atoms with Crippen LogP contribution in [0.5, 0.6) is 17.2 Å². The van der Waals surface area contributed by atoms with Gasteiger partial charge in [-0.1, -0.05) is 125 Å². The molecule has 0 fully saturated rings. The number of nitrogens with zero attached hydrogens (tertiary/aromatic N) is 14. The van der Waals surface area contributed by atoms with E-state index in [4.69, 9.17) is 17.2 Å². The number of nitrogen functional groups attached to an aromatic ring is 3. The quantitative estimate of drug-likeness (QED) is 0.0138. The summed E-state index contributed by atoms with van der Waals surface area (Å²) < 4.78 is 71.5. The SMILES string of the molecule is C=CS(=O)(=O)c1ccc(Nc2nc(C)nc(NC)n2)cc1.CCCS(=O)(=O)c1ccc(Nc2nc(C)nc(NC)n2)cc1.CCc1c(C)cc2ccc(N)c(N=Nc3ccccc3C)c2c1O.CCc1c(C)cc2ccc(N)c(N=Nc3ccccc3C)c2c1O.CCc1c(C)cc2ccc(N)c(N=Nc3ccccc3C)c2c1O.CNc1cc(F)nc(F)n1. The Kier molecular flexibility index (Phi) is 32.6. The first kappa shape index (κ1) is 94.3. The number of aromatic nitrogens is 8. The van der Waals surface area contributed by atoms with Crippen LogP contribution in [0.3, 0.4) is 0 Å². The Bertz CT molecular complexity index is 6170. The van der Waals surface area contributed by atoms with E-state index >= 15 is 0 Å². The summed E-state index contributed by atoms with van der Waals surface area (Å²) in [6, 6.07) is 54.4. The van der Waals surface area contributed by atoms with E-state index in [-0.39, 0.29) is 33.7 Å². The number of nitrogens with two attached hydrogens (primary N) is 3. The molecule has 0 unspecified atom stereocenters. The number of rotatable bonds is 21. The highest BCUT2D eigenvalue weighted by Gasteiger charge is 2.21. The predicted molar refractivity (Wildman–Crippen MR) is 497 cm³/mol. The zero-order valence-corrected chi connectivity index (χ0v) is 73.8. The van der Waals surface area contributed by atoms with E-state index in [1.54, 1.807) is 82.5 Å². The summed E-state index contributed by atoms with van der Waals surface area (Å²) in [6.07, 6.45) is 1.77. The summed E-state index contributed by atoms with van der Waals surface area (Å²) >= 11 is 0. The Hall–Kier alpha value is -14.6. The fourth-order valence-corrected chi connectivity index (χ4v) is 15.0. The van der Waals surface area contributed by atoms with Crippen molar-refractivity contribution in [3.05, 3.63) is 268 Å². The van der Waals surface area contributed by atoms with Gasteiger partial charge in [-0.2, -0.15) is 64.0 Å². The van der Waals surface area contributed by atoms with Crippen molar-refractivity contribution in [3.63, 3.8) is 0 Å². The summed E-state index contributed by atoms with van der Waals surface area (Å²) in [6.45, 7) is 26.7. The minimum Gasteiger partial charge on any atom is -0.507 e. The number of phenolic OH excluding ortho intramolecular Hbond substituents is 3. The minimum atomic E-state index is -3.42. The third-order valence-electron chi connectivity index (χ3n) is 19.5. The van der Waals surface area contributed by atoms with Gasteiger partial charge >= 0.3 is 6.08 Å². The predicted octanol–water partition coefficient (Wildman–Crippen LogP) is 22.0. The number of anilines is 10. The van der Waals surface area contributed by atoms with Crippen LogP contribution in [0, 0.1) is 67.4 Å². The zero-order chi connectivity index (χ0) is 91.0. The van der Waals surface area contributed by atoms with Crippen LogP contribution in [-0.2, 0) is 38.9 Å². The molecule has 0 aliphatic rings. The number of hydrogen-bond acceptors (Lipinski definition) is 29. The third kappa shape index (κ3) is 24.4. The van der Waals surface area contributed by atoms with Gasteiger partial charge in [0.05, 0.1) is 65.8 Å². The molecule has 33 heteroatoms. The lowest BCUT2D eigenvalue weighted by molar-refractivity contribution is 0.474. The van der Waals surface area contributed by atoms with E-state index in [0.717, 1.165) is 114 Å². The normalized spacial score (nSPS) is 11.2. The van der Waals surface area contributed by atoms with Gasteiger partial charge < -0.3 is 59.1 Å². The van der Waals surface area contributed by atoms with Gasteiger partial charge in [0.1, 0.15) is 51.8 Å². The molecule has 3 heterocycles. The largest absolute Gasteiger partial charge is 0.507 e. The topological polar surface area (TPSA) is 444 Å². The van der Waals surface area contributed by atoms with Gasteiger partial charge in [-0.05, 0) is 232 Å². The first-order chi connectivity index (χ1) is 59.7. The lowest BCUT2D eigenvalue weighted by Gasteiger charge is -2.13. The molecule has 125 heavy (non-hydrogen) atoms. The Morgan fingerprint density at radius 3 is 1.04 bits per heavy atom. The summed E-state index contributed by atoms with van der Waals surface area (Å²) in [5.41, 5.74) is 34.2. The number of halogens is 2.